The maximum atomic E-state index is 13.0. The van der Waals surface area contributed by atoms with Gasteiger partial charge in [0.2, 0.25) is 0 Å². The van der Waals surface area contributed by atoms with Gasteiger partial charge in [0, 0.05) is 12.6 Å². The highest BCUT2D eigenvalue weighted by Crippen LogP contribution is 2.30. The Morgan fingerprint density at radius 1 is 1.08 bits per heavy atom. The van der Waals surface area contributed by atoms with E-state index in [4.69, 9.17) is 0 Å². The van der Waals surface area contributed by atoms with Gasteiger partial charge in [0.05, 0.1) is 0 Å². The predicted octanol–water partition coefficient (Wildman–Crippen LogP) is 2.29. The van der Waals surface area contributed by atoms with Crippen molar-refractivity contribution in [2.24, 2.45) is 0 Å². The van der Waals surface area contributed by atoms with Gasteiger partial charge in [-0.3, -0.25) is 9.59 Å². The molecule has 0 aliphatic carbocycles. The third kappa shape index (κ3) is 4.92. The van der Waals surface area contributed by atoms with Crippen LogP contribution in [-0.2, 0) is 19.4 Å². The van der Waals surface area contributed by atoms with Crippen LogP contribution >= 0.6 is 11.3 Å². The third-order valence-corrected chi connectivity index (χ3v) is 7.50. The fourth-order valence-electron chi connectivity index (χ4n) is 2.30. The fourth-order valence-corrected chi connectivity index (χ4v) is 5.16. The minimum atomic E-state index is -3.69. The zero-order valence-corrected chi connectivity index (χ0v) is 16.3. The Morgan fingerprint density at radius 2 is 1.77 bits per heavy atom. The molecular formula is C18H22N2O4S2. The zero-order valence-electron chi connectivity index (χ0n) is 14.6. The smallest absolute Gasteiger partial charge is 0.309 e. The summed E-state index contributed by atoms with van der Waals surface area (Å²) in [5.74, 6) is -1.60. The van der Waals surface area contributed by atoms with Crippen molar-refractivity contribution in [1.82, 2.24) is 10.6 Å². The summed E-state index contributed by atoms with van der Waals surface area (Å²) < 4.78 is 26.1. The van der Waals surface area contributed by atoms with E-state index in [1.165, 1.54) is 6.07 Å². The zero-order chi connectivity index (χ0) is 19.2. The lowest BCUT2D eigenvalue weighted by atomic mass is 10.1. The molecule has 2 N–H and O–H groups in total. The van der Waals surface area contributed by atoms with Crippen molar-refractivity contribution < 1.29 is 18.0 Å². The molecule has 140 valence electrons. The predicted molar refractivity (Wildman–Crippen MR) is 102 cm³/mol. The summed E-state index contributed by atoms with van der Waals surface area (Å²) in [4.78, 5) is 23.9. The molecule has 0 fully saturated rings. The number of thiophene rings is 1. The highest BCUT2D eigenvalue weighted by molar-refractivity contribution is 7.93. The van der Waals surface area contributed by atoms with Crippen molar-refractivity contribution in [2.75, 3.05) is 6.54 Å². The summed E-state index contributed by atoms with van der Waals surface area (Å²) in [6.07, 6.45) is 0.693. The molecule has 0 unspecified atom stereocenters. The minimum absolute atomic E-state index is 0.131. The van der Waals surface area contributed by atoms with Crippen LogP contribution in [0.3, 0.4) is 0 Å². The van der Waals surface area contributed by atoms with Gasteiger partial charge in [-0.25, -0.2) is 8.42 Å². The van der Waals surface area contributed by atoms with E-state index in [2.05, 4.69) is 10.6 Å². The van der Waals surface area contributed by atoms with Gasteiger partial charge in [0.1, 0.15) is 9.46 Å². The molecule has 0 bridgehead atoms. The standard InChI is InChI=1S/C18H22N2O4S2/c1-3-13(2)20-18(22)17(21)19-12-15(14-8-5-4-6-9-14)26(23,24)16-10-7-11-25-16/h4-11,13,15H,3,12H2,1-2H3,(H,19,21)(H,20,22)/t13-,15+/m1/s1. The van der Waals surface area contributed by atoms with Crippen LogP contribution in [-0.4, -0.2) is 32.8 Å². The van der Waals surface area contributed by atoms with Crippen molar-refractivity contribution in [3.63, 3.8) is 0 Å². The number of hydrogen-bond donors (Lipinski definition) is 2. The molecule has 2 amide bonds. The van der Waals surface area contributed by atoms with E-state index in [1.807, 2.05) is 6.92 Å². The molecule has 0 saturated carbocycles. The molecule has 26 heavy (non-hydrogen) atoms. The van der Waals surface area contributed by atoms with Crippen LogP contribution in [0.4, 0.5) is 0 Å². The molecule has 0 aliphatic heterocycles. The first kappa shape index (κ1) is 20.1. The number of nitrogens with one attached hydrogen (secondary N) is 2. The molecule has 2 aromatic rings. The van der Waals surface area contributed by atoms with Crippen LogP contribution in [0.5, 0.6) is 0 Å². The normalized spacial score (nSPS) is 13.6. The number of carbonyl (C=O) groups is 2. The average molecular weight is 395 g/mol. The number of sulfone groups is 1. The summed E-state index contributed by atoms with van der Waals surface area (Å²) >= 11 is 1.12. The number of hydrogen-bond acceptors (Lipinski definition) is 5. The van der Waals surface area contributed by atoms with Gasteiger partial charge in [-0.05, 0) is 30.4 Å². The molecule has 0 saturated heterocycles. The van der Waals surface area contributed by atoms with E-state index in [-0.39, 0.29) is 16.8 Å². The maximum Gasteiger partial charge on any atom is 0.309 e. The van der Waals surface area contributed by atoms with Crippen molar-refractivity contribution in [2.45, 2.75) is 35.8 Å². The van der Waals surface area contributed by atoms with Gasteiger partial charge < -0.3 is 10.6 Å². The highest BCUT2D eigenvalue weighted by Gasteiger charge is 2.31. The van der Waals surface area contributed by atoms with E-state index < -0.39 is 26.9 Å². The molecule has 1 heterocycles. The summed E-state index contributed by atoms with van der Waals surface area (Å²) in [7, 11) is -3.69. The Hall–Kier alpha value is -2.19. The molecule has 0 aliphatic rings. The average Bonchev–Trinajstić information content (AvgIpc) is 3.17. The monoisotopic (exact) mass is 394 g/mol. The summed E-state index contributed by atoms with van der Waals surface area (Å²) in [6, 6.07) is 11.7. The second-order valence-electron chi connectivity index (χ2n) is 5.87. The SMILES string of the molecule is CC[C@@H](C)NC(=O)C(=O)NC[C@@H](c1ccccc1)S(=O)(=O)c1cccs1. The van der Waals surface area contributed by atoms with Crippen LogP contribution in [0, 0.1) is 0 Å². The van der Waals surface area contributed by atoms with Crippen LogP contribution in [0.2, 0.25) is 0 Å². The minimum Gasteiger partial charge on any atom is -0.346 e. The van der Waals surface area contributed by atoms with E-state index in [9.17, 15) is 18.0 Å². The van der Waals surface area contributed by atoms with Crippen molar-refractivity contribution in [3.8, 4) is 0 Å². The van der Waals surface area contributed by atoms with Crippen LogP contribution in [0.15, 0.2) is 52.1 Å². The van der Waals surface area contributed by atoms with Crippen molar-refractivity contribution >= 4 is 33.0 Å². The van der Waals surface area contributed by atoms with Gasteiger partial charge in [0.15, 0.2) is 9.84 Å². The largest absolute Gasteiger partial charge is 0.346 e. The third-order valence-electron chi connectivity index (χ3n) is 3.97. The number of carbonyl (C=O) groups excluding carboxylic acids is 2. The van der Waals surface area contributed by atoms with Crippen molar-refractivity contribution in [3.05, 3.63) is 53.4 Å². The Labute approximate surface area is 157 Å². The van der Waals surface area contributed by atoms with Gasteiger partial charge in [-0.15, -0.1) is 11.3 Å². The fraction of sp³-hybridized carbons (Fsp3) is 0.333. The Morgan fingerprint density at radius 3 is 2.35 bits per heavy atom. The van der Waals surface area contributed by atoms with Crippen LogP contribution < -0.4 is 10.6 Å². The second-order valence-corrected chi connectivity index (χ2v) is 9.17. The van der Waals surface area contributed by atoms with Gasteiger partial charge >= 0.3 is 11.8 Å². The molecule has 6 nitrogen and oxygen atoms in total. The second kappa shape index (κ2) is 8.95. The van der Waals surface area contributed by atoms with E-state index in [0.717, 1.165) is 11.3 Å². The topological polar surface area (TPSA) is 92.3 Å². The lowest BCUT2D eigenvalue weighted by Gasteiger charge is -2.18. The Balaban J connectivity index is 2.19. The molecule has 0 radical (unpaired) electrons. The lowest BCUT2D eigenvalue weighted by Crippen LogP contribution is -2.45. The molecule has 0 spiro atoms. The highest BCUT2D eigenvalue weighted by atomic mass is 32.2. The molecule has 2 atom stereocenters. The van der Waals surface area contributed by atoms with E-state index in [0.29, 0.717) is 12.0 Å². The van der Waals surface area contributed by atoms with E-state index >= 15 is 0 Å². The molecular weight excluding hydrogens is 372 g/mol. The first-order chi connectivity index (χ1) is 12.4. The summed E-state index contributed by atoms with van der Waals surface area (Å²) in [5.41, 5.74) is 0.559. The van der Waals surface area contributed by atoms with Gasteiger partial charge in [-0.1, -0.05) is 43.3 Å². The quantitative estimate of drug-likeness (QED) is 0.705. The lowest BCUT2D eigenvalue weighted by molar-refractivity contribution is -0.139. The van der Waals surface area contributed by atoms with Gasteiger partial charge in [-0.2, -0.15) is 0 Å². The molecule has 8 heteroatoms. The number of amides is 2. The van der Waals surface area contributed by atoms with Crippen LogP contribution in [0.25, 0.3) is 0 Å². The van der Waals surface area contributed by atoms with Crippen LogP contribution in [0.1, 0.15) is 31.1 Å². The molecule has 2 rings (SSSR count). The maximum absolute atomic E-state index is 13.0. The molecule has 1 aromatic heterocycles. The molecule has 1 aromatic carbocycles. The van der Waals surface area contributed by atoms with Gasteiger partial charge in [0.25, 0.3) is 0 Å². The Bertz CT molecular complexity index is 833. The first-order valence-corrected chi connectivity index (χ1v) is 10.7. The van der Waals surface area contributed by atoms with E-state index in [1.54, 1.807) is 48.7 Å². The number of benzene rings is 1. The number of rotatable bonds is 7. The first-order valence-electron chi connectivity index (χ1n) is 8.27. The summed E-state index contributed by atoms with van der Waals surface area (Å²) in [5, 5.41) is 5.73. The Kier molecular flexibility index (Phi) is 6.93. The van der Waals surface area contributed by atoms with Crippen molar-refractivity contribution in [1.29, 1.82) is 0 Å². The summed E-state index contributed by atoms with van der Waals surface area (Å²) in [6.45, 7) is 3.50.